The van der Waals surface area contributed by atoms with Crippen molar-refractivity contribution in [2.45, 2.75) is 6.92 Å². The molecule has 0 atom stereocenters. The third-order valence-corrected chi connectivity index (χ3v) is 3.18. The molecule has 22 heavy (non-hydrogen) atoms. The number of para-hydroxylation sites is 1. The first-order valence-corrected chi connectivity index (χ1v) is 7.00. The highest BCUT2D eigenvalue weighted by molar-refractivity contribution is 6.32. The molecule has 0 unspecified atom stereocenters. The Morgan fingerprint density at radius 2 is 2.05 bits per heavy atom. The molecule has 0 saturated heterocycles. The fraction of sp³-hybridized carbons (Fsp3) is 0.188. The van der Waals surface area contributed by atoms with Crippen LogP contribution in [0.2, 0.25) is 5.02 Å². The van der Waals surface area contributed by atoms with E-state index in [1.54, 1.807) is 19.1 Å². The Kier molecular flexibility index (Phi) is 5.22. The van der Waals surface area contributed by atoms with Crippen LogP contribution in [0.5, 0.6) is 11.5 Å². The van der Waals surface area contributed by atoms with E-state index in [-0.39, 0.29) is 16.3 Å². The van der Waals surface area contributed by atoms with Gasteiger partial charge in [-0.05, 0) is 31.2 Å². The Labute approximate surface area is 132 Å². The first kappa shape index (κ1) is 16.1. The number of hydrogen-bond acceptors (Lipinski definition) is 3. The fourth-order valence-electron chi connectivity index (χ4n) is 1.92. The minimum absolute atomic E-state index is 0.0948. The average Bonchev–Trinajstić information content (AvgIpc) is 2.49. The van der Waals surface area contributed by atoms with Gasteiger partial charge < -0.3 is 14.8 Å². The zero-order valence-electron chi connectivity index (χ0n) is 12.2. The van der Waals surface area contributed by atoms with Crippen molar-refractivity contribution in [2.24, 2.45) is 0 Å². The monoisotopic (exact) mass is 323 g/mol. The number of nitrogens with one attached hydrogen (secondary N) is 1. The van der Waals surface area contributed by atoms with Gasteiger partial charge in [-0.3, -0.25) is 4.79 Å². The summed E-state index contributed by atoms with van der Waals surface area (Å²) in [6, 6.07) is 8.86. The normalized spacial score (nSPS) is 10.2. The predicted octanol–water partition coefficient (Wildman–Crippen LogP) is 4.14. The van der Waals surface area contributed by atoms with Crippen molar-refractivity contribution in [1.29, 1.82) is 0 Å². The van der Waals surface area contributed by atoms with Crippen LogP contribution in [0.25, 0.3) is 0 Å². The van der Waals surface area contributed by atoms with Gasteiger partial charge in [-0.15, -0.1) is 0 Å². The van der Waals surface area contributed by atoms with E-state index in [4.69, 9.17) is 21.1 Å². The van der Waals surface area contributed by atoms with Gasteiger partial charge in [-0.1, -0.05) is 23.7 Å². The number of halogens is 2. The van der Waals surface area contributed by atoms with Gasteiger partial charge in [0.15, 0.2) is 11.5 Å². The summed E-state index contributed by atoms with van der Waals surface area (Å²) in [6.45, 7) is 2.20. The molecule has 0 radical (unpaired) electrons. The molecule has 6 heteroatoms. The van der Waals surface area contributed by atoms with Gasteiger partial charge in [0.1, 0.15) is 5.82 Å². The molecule has 0 spiro atoms. The van der Waals surface area contributed by atoms with Crippen LogP contribution in [0, 0.1) is 5.82 Å². The molecule has 0 aliphatic heterocycles. The van der Waals surface area contributed by atoms with Crippen molar-refractivity contribution in [3.05, 3.63) is 52.8 Å². The van der Waals surface area contributed by atoms with Crippen molar-refractivity contribution >= 4 is 23.2 Å². The SMILES string of the molecule is CCOc1cc(C(=O)Nc2ccccc2F)cc(Cl)c1OC. The van der Waals surface area contributed by atoms with E-state index < -0.39 is 11.7 Å². The molecule has 116 valence electrons. The Bertz CT molecular complexity index is 691. The van der Waals surface area contributed by atoms with Crippen LogP contribution in [0.3, 0.4) is 0 Å². The van der Waals surface area contributed by atoms with Crippen LogP contribution in [-0.2, 0) is 0 Å². The molecular formula is C16H15ClFNO3. The molecule has 0 aliphatic rings. The lowest BCUT2D eigenvalue weighted by atomic mass is 10.1. The van der Waals surface area contributed by atoms with E-state index >= 15 is 0 Å². The lowest BCUT2D eigenvalue weighted by molar-refractivity contribution is 0.102. The zero-order valence-corrected chi connectivity index (χ0v) is 12.9. The number of hydrogen-bond donors (Lipinski definition) is 1. The van der Waals surface area contributed by atoms with E-state index in [2.05, 4.69) is 5.32 Å². The van der Waals surface area contributed by atoms with Crippen LogP contribution >= 0.6 is 11.6 Å². The van der Waals surface area contributed by atoms with Gasteiger partial charge in [0.25, 0.3) is 5.91 Å². The second-order valence-corrected chi connectivity index (χ2v) is 4.76. The van der Waals surface area contributed by atoms with Crippen LogP contribution in [0.15, 0.2) is 36.4 Å². The number of amides is 1. The summed E-state index contributed by atoms with van der Waals surface area (Å²) in [4.78, 5) is 12.2. The fourth-order valence-corrected chi connectivity index (χ4v) is 2.21. The number of anilines is 1. The van der Waals surface area contributed by atoms with E-state index in [0.717, 1.165) is 0 Å². The lowest BCUT2D eigenvalue weighted by Gasteiger charge is -2.13. The van der Waals surface area contributed by atoms with Crippen molar-refractivity contribution in [3.63, 3.8) is 0 Å². The Morgan fingerprint density at radius 1 is 1.32 bits per heavy atom. The summed E-state index contributed by atoms with van der Waals surface area (Å²) in [6.07, 6.45) is 0. The number of rotatable bonds is 5. The number of carbonyl (C=O) groups is 1. The molecule has 0 aliphatic carbocycles. The molecule has 1 N–H and O–H groups in total. The number of carbonyl (C=O) groups excluding carboxylic acids is 1. The smallest absolute Gasteiger partial charge is 0.255 e. The second-order valence-electron chi connectivity index (χ2n) is 4.36. The predicted molar refractivity (Wildman–Crippen MR) is 83.5 cm³/mol. The van der Waals surface area contributed by atoms with Crippen molar-refractivity contribution in [2.75, 3.05) is 19.0 Å². The minimum atomic E-state index is -0.513. The summed E-state index contributed by atoms with van der Waals surface area (Å²) in [5.74, 6) is -0.293. The maximum atomic E-state index is 13.6. The van der Waals surface area contributed by atoms with Gasteiger partial charge in [0.05, 0.1) is 24.4 Å². The Hall–Kier alpha value is -2.27. The molecule has 0 bridgehead atoms. The van der Waals surface area contributed by atoms with Gasteiger partial charge >= 0.3 is 0 Å². The first-order valence-electron chi connectivity index (χ1n) is 6.63. The number of benzene rings is 2. The van der Waals surface area contributed by atoms with Crippen LogP contribution in [0.1, 0.15) is 17.3 Å². The molecule has 0 saturated carbocycles. The van der Waals surface area contributed by atoms with Crippen LogP contribution in [0.4, 0.5) is 10.1 Å². The number of methoxy groups -OCH3 is 1. The Morgan fingerprint density at radius 3 is 2.68 bits per heavy atom. The van der Waals surface area contributed by atoms with Crippen LogP contribution < -0.4 is 14.8 Å². The van der Waals surface area contributed by atoms with Crippen molar-refractivity contribution in [1.82, 2.24) is 0 Å². The quantitative estimate of drug-likeness (QED) is 0.899. The Balaban J connectivity index is 2.32. The van der Waals surface area contributed by atoms with Gasteiger partial charge in [0, 0.05) is 5.56 Å². The van der Waals surface area contributed by atoms with E-state index in [1.165, 1.54) is 31.4 Å². The molecule has 1 amide bonds. The summed E-state index contributed by atoms with van der Waals surface area (Å²) >= 11 is 6.09. The molecular weight excluding hydrogens is 309 g/mol. The van der Waals surface area contributed by atoms with Crippen LogP contribution in [-0.4, -0.2) is 19.6 Å². The van der Waals surface area contributed by atoms with E-state index in [1.807, 2.05) is 0 Å². The third kappa shape index (κ3) is 3.49. The highest BCUT2D eigenvalue weighted by atomic mass is 35.5. The molecule has 0 aromatic heterocycles. The highest BCUT2D eigenvalue weighted by Crippen LogP contribution is 2.36. The standard InChI is InChI=1S/C16H15ClFNO3/c1-3-22-14-9-10(8-11(17)15(14)21-2)16(20)19-13-7-5-4-6-12(13)18/h4-9H,3H2,1-2H3,(H,19,20). The lowest BCUT2D eigenvalue weighted by Crippen LogP contribution is -2.13. The van der Waals surface area contributed by atoms with Gasteiger partial charge in [0.2, 0.25) is 0 Å². The largest absolute Gasteiger partial charge is 0.491 e. The maximum absolute atomic E-state index is 13.6. The van der Waals surface area contributed by atoms with Crippen molar-refractivity contribution < 1.29 is 18.7 Å². The summed E-state index contributed by atoms with van der Waals surface area (Å²) in [5, 5.41) is 2.73. The molecule has 2 rings (SSSR count). The molecule has 2 aromatic carbocycles. The number of ether oxygens (including phenoxy) is 2. The third-order valence-electron chi connectivity index (χ3n) is 2.90. The minimum Gasteiger partial charge on any atom is -0.491 e. The second kappa shape index (κ2) is 7.13. The zero-order chi connectivity index (χ0) is 16.1. The topological polar surface area (TPSA) is 47.6 Å². The van der Waals surface area contributed by atoms with Gasteiger partial charge in [-0.2, -0.15) is 0 Å². The first-order chi connectivity index (χ1) is 10.6. The highest BCUT2D eigenvalue weighted by Gasteiger charge is 2.16. The van der Waals surface area contributed by atoms with Crippen molar-refractivity contribution in [3.8, 4) is 11.5 Å². The van der Waals surface area contributed by atoms with E-state index in [0.29, 0.717) is 18.1 Å². The molecule has 4 nitrogen and oxygen atoms in total. The average molecular weight is 324 g/mol. The molecule has 2 aromatic rings. The van der Waals surface area contributed by atoms with Gasteiger partial charge in [-0.25, -0.2) is 4.39 Å². The maximum Gasteiger partial charge on any atom is 0.255 e. The molecule has 0 fully saturated rings. The summed E-state index contributed by atoms with van der Waals surface area (Å²) in [5.41, 5.74) is 0.343. The summed E-state index contributed by atoms with van der Waals surface area (Å²) < 4.78 is 24.1. The summed E-state index contributed by atoms with van der Waals surface area (Å²) in [7, 11) is 1.46. The molecule has 0 heterocycles. The van der Waals surface area contributed by atoms with E-state index in [9.17, 15) is 9.18 Å².